The molecule has 4 heteroatoms. The molecule has 0 aliphatic rings. The van der Waals surface area contributed by atoms with E-state index in [2.05, 4.69) is 0 Å². The second-order valence-electron chi connectivity index (χ2n) is 1.69. The number of benzene rings is 1. The summed E-state index contributed by atoms with van der Waals surface area (Å²) in [5.74, 6) is 0.0652. The highest BCUT2D eigenvalue weighted by molar-refractivity contribution is 14.1. The van der Waals surface area contributed by atoms with Crippen molar-refractivity contribution in [1.82, 2.24) is 0 Å². The summed E-state index contributed by atoms with van der Waals surface area (Å²) in [5.41, 5.74) is 0. The topological polar surface area (TPSA) is 20.2 Å². The molecule has 0 unspecified atom stereocenters. The van der Waals surface area contributed by atoms with Gasteiger partial charge in [0.05, 0.1) is 13.6 Å². The summed E-state index contributed by atoms with van der Waals surface area (Å²) in [7, 11) is 0. The van der Waals surface area contributed by atoms with Crippen molar-refractivity contribution < 1.29 is 5.11 Å². The van der Waals surface area contributed by atoms with Crippen LogP contribution in [0.25, 0.3) is 0 Å². The minimum atomic E-state index is 0.0652. The summed E-state index contributed by atoms with van der Waals surface area (Å²) in [6.45, 7) is 0. The van der Waals surface area contributed by atoms with Gasteiger partial charge in [0.25, 0.3) is 0 Å². The van der Waals surface area contributed by atoms with Crippen LogP contribution in [0.2, 0.25) is 10.0 Å². The molecule has 1 rings (SSSR count). The monoisotopic (exact) mass is 288 g/mol. The average Bonchev–Trinajstić information content (AvgIpc) is 1.93. The smallest absolute Gasteiger partial charge is 0.135 e. The Kier molecular flexibility index (Phi) is 2.66. The molecule has 0 amide bonds. The lowest BCUT2D eigenvalue weighted by atomic mass is 10.3. The Bertz CT molecular complexity index is 235. The molecule has 54 valence electrons. The standard InChI is InChI=1S/C6H3Cl2IO/c7-3-1-2-4(10)5(8)6(3)9/h1-2,10H. The number of aromatic hydroxyl groups is 1. The van der Waals surface area contributed by atoms with E-state index in [1.807, 2.05) is 22.6 Å². The normalized spacial score (nSPS) is 9.90. The molecule has 1 aromatic carbocycles. The summed E-state index contributed by atoms with van der Waals surface area (Å²) >= 11 is 13.3. The van der Waals surface area contributed by atoms with Crippen LogP contribution < -0.4 is 0 Å². The van der Waals surface area contributed by atoms with Gasteiger partial charge in [0.15, 0.2) is 0 Å². The van der Waals surface area contributed by atoms with Crippen molar-refractivity contribution in [1.29, 1.82) is 0 Å². The number of phenols is 1. The maximum absolute atomic E-state index is 9.03. The molecule has 1 aromatic rings. The van der Waals surface area contributed by atoms with E-state index in [9.17, 15) is 0 Å². The number of hydrogen-bond acceptors (Lipinski definition) is 1. The molecule has 0 aromatic heterocycles. The predicted molar refractivity (Wildman–Crippen MR) is 50.8 cm³/mol. The Balaban J connectivity index is 3.34. The van der Waals surface area contributed by atoms with Gasteiger partial charge < -0.3 is 5.11 Å². The molecular formula is C6H3Cl2IO. The summed E-state index contributed by atoms with van der Waals surface area (Å²) < 4.78 is 0.681. The van der Waals surface area contributed by atoms with E-state index in [0.29, 0.717) is 13.6 Å². The van der Waals surface area contributed by atoms with E-state index in [4.69, 9.17) is 28.3 Å². The Morgan fingerprint density at radius 1 is 1.30 bits per heavy atom. The van der Waals surface area contributed by atoms with Gasteiger partial charge in [0.2, 0.25) is 0 Å². The number of hydrogen-bond donors (Lipinski definition) is 1. The van der Waals surface area contributed by atoms with E-state index < -0.39 is 0 Å². The minimum absolute atomic E-state index is 0.0652. The molecule has 0 saturated heterocycles. The van der Waals surface area contributed by atoms with Crippen molar-refractivity contribution in [2.24, 2.45) is 0 Å². The fourth-order valence-corrected chi connectivity index (χ4v) is 1.34. The van der Waals surface area contributed by atoms with Gasteiger partial charge in [0.1, 0.15) is 5.75 Å². The third kappa shape index (κ3) is 1.49. The Labute approximate surface area is 82.1 Å². The minimum Gasteiger partial charge on any atom is -0.506 e. The first-order valence-electron chi connectivity index (χ1n) is 2.45. The first kappa shape index (κ1) is 8.43. The van der Waals surface area contributed by atoms with E-state index in [1.54, 1.807) is 6.07 Å². The van der Waals surface area contributed by atoms with Crippen molar-refractivity contribution in [3.63, 3.8) is 0 Å². The van der Waals surface area contributed by atoms with Crippen LogP contribution in [-0.2, 0) is 0 Å². The van der Waals surface area contributed by atoms with Crippen LogP contribution in [0.4, 0.5) is 0 Å². The molecule has 1 nitrogen and oxygen atoms in total. The quantitative estimate of drug-likeness (QED) is 0.574. The summed E-state index contributed by atoms with van der Waals surface area (Å²) in [4.78, 5) is 0. The van der Waals surface area contributed by atoms with Crippen LogP contribution in [0.3, 0.4) is 0 Å². The highest BCUT2D eigenvalue weighted by Gasteiger charge is 2.05. The maximum atomic E-state index is 9.03. The molecule has 0 heterocycles. The van der Waals surface area contributed by atoms with Crippen LogP contribution in [0.1, 0.15) is 0 Å². The molecule has 0 fully saturated rings. The van der Waals surface area contributed by atoms with Crippen LogP contribution >= 0.6 is 45.8 Å². The molecule has 0 aliphatic heterocycles. The number of rotatable bonds is 0. The van der Waals surface area contributed by atoms with Crippen LogP contribution in [0, 0.1) is 3.57 Å². The molecule has 0 atom stereocenters. The second-order valence-corrected chi connectivity index (χ2v) is 3.56. The largest absolute Gasteiger partial charge is 0.506 e. The lowest BCUT2D eigenvalue weighted by Crippen LogP contribution is -1.76. The van der Waals surface area contributed by atoms with Gasteiger partial charge in [-0.05, 0) is 34.7 Å². The Hall–Kier alpha value is 0.330. The third-order valence-electron chi connectivity index (χ3n) is 1.01. The summed E-state index contributed by atoms with van der Waals surface area (Å²) in [5, 5.41) is 9.90. The zero-order valence-corrected chi connectivity index (χ0v) is 8.41. The molecule has 0 radical (unpaired) electrons. The zero-order chi connectivity index (χ0) is 7.72. The lowest BCUT2D eigenvalue weighted by molar-refractivity contribution is 0.475. The van der Waals surface area contributed by atoms with Gasteiger partial charge in [-0.3, -0.25) is 0 Å². The SMILES string of the molecule is Oc1ccc(Cl)c(I)c1Cl. The van der Waals surface area contributed by atoms with Gasteiger partial charge in [-0.1, -0.05) is 23.2 Å². The van der Waals surface area contributed by atoms with Crippen LogP contribution in [0.5, 0.6) is 5.75 Å². The number of halogens is 3. The molecule has 10 heavy (non-hydrogen) atoms. The molecular weight excluding hydrogens is 286 g/mol. The highest BCUT2D eigenvalue weighted by Crippen LogP contribution is 2.32. The Morgan fingerprint density at radius 3 is 2.40 bits per heavy atom. The zero-order valence-electron chi connectivity index (χ0n) is 4.74. The van der Waals surface area contributed by atoms with Crippen molar-refractivity contribution in [2.45, 2.75) is 0 Å². The third-order valence-corrected chi connectivity index (χ3v) is 3.47. The summed E-state index contributed by atoms with van der Waals surface area (Å²) in [6, 6.07) is 3.07. The van der Waals surface area contributed by atoms with Gasteiger partial charge >= 0.3 is 0 Å². The molecule has 0 saturated carbocycles. The van der Waals surface area contributed by atoms with E-state index in [0.717, 1.165) is 0 Å². The van der Waals surface area contributed by atoms with Gasteiger partial charge in [-0.2, -0.15) is 0 Å². The van der Waals surface area contributed by atoms with Crippen molar-refractivity contribution in [3.05, 3.63) is 25.7 Å². The van der Waals surface area contributed by atoms with Crippen LogP contribution in [0.15, 0.2) is 12.1 Å². The number of phenolic OH excluding ortho intramolecular Hbond substituents is 1. The summed E-state index contributed by atoms with van der Waals surface area (Å²) in [6.07, 6.45) is 0. The van der Waals surface area contributed by atoms with Crippen LogP contribution in [-0.4, -0.2) is 5.11 Å². The predicted octanol–water partition coefficient (Wildman–Crippen LogP) is 3.30. The van der Waals surface area contributed by atoms with E-state index in [1.165, 1.54) is 6.07 Å². The highest BCUT2D eigenvalue weighted by atomic mass is 127. The first-order valence-corrected chi connectivity index (χ1v) is 4.29. The van der Waals surface area contributed by atoms with Crippen molar-refractivity contribution >= 4 is 45.8 Å². The lowest BCUT2D eigenvalue weighted by Gasteiger charge is -1.99. The van der Waals surface area contributed by atoms with E-state index in [-0.39, 0.29) is 5.75 Å². The van der Waals surface area contributed by atoms with Crippen molar-refractivity contribution in [2.75, 3.05) is 0 Å². The van der Waals surface area contributed by atoms with Crippen molar-refractivity contribution in [3.8, 4) is 5.75 Å². The molecule has 0 bridgehead atoms. The fraction of sp³-hybridized carbons (Fsp3) is 0. The first-order chi connectivity index (χ1) is 4.63. The second kappa shape index (κ2) is 3.15. The van der Waals surface area contributed by atoms with Gasteiger partial charge in [0, 0.05) is 0 Å². The fourth-order valence-electron chi connectivity index (χ4n) is 0.516. The van der Waals surface area contributed by atoms with Gasteiger partial charge in [-0.25, -0.2) is 0 Å². The molecule has 0 aliphatic carbocycles. The van der Waals surface area contributed by atoms with E-state index >= 15 is 0 Å². The molecule has 1 N–H and O–H groups in total. The average molecular weight is 289 g/mol. The maximum Gasteiger partial charge on any atom is 0.135 e. The van der Waals surface area contributed by atoms with Gasteiger partial charge in [-0.15, -0.1) is 0 Å². The Morgan fingerprint density at radius 2 is 1.90 bits per heavy atom. The molecule has 0 spiro atoms.